The van der Waals surface area contributed by atoms with Crippen molar-refractivity contribution in [3.05, 3.63) is 0 Å². The second-order valence-electron chi connectivity index (χ2n) is 21.1. The smallest absolute Gasteiger partial charge is 0.309 e. The maximum Gasteiger partial charge on any atom is 0.309 e. The van der Waals surface area contributed by atoms with Crippen molar-refractivity contribution in [3.63, 3.8) is 0 Å². The Hall–Kier alpha value is -0.500. The SMILES string of the molecule is CCCCCCCCCCCCCCCCCO[C@H](COC(=O)C(CCCCCCCCCCCCCC)CCCCCCCCCCCCCCC)COP(=O)([O-])OCC[N+](C)(C)C. The number of hydrogen-bond donors (Lipinski definition) is 0. The van der Waals surface area contributed by atoms with Gasteiger partial charge in [-0.05, 0) is 19.3 Å². The minimum absolute atomic E-state index is 0.00992. The zero-order valence-corrected chi connectivity index (χ0v) is 45.5. The van der Waals surface area contributed by atoms with Gasteiger partial charge in [-0.2, -0.15) is 0 Å². The van der Waals surface area contributed by atoms with E-state index < -0.39 is 13.9 Å². The molecule has 8 nitrogen and oxygen atoms in total. The van der Waals surface area contributed by atoms with Crippen LogP contribution in [-0.2, 0) is 27.9 Å². The maximum atomic E-state index is 13.7. The van der Waals surface area contributed by atoms with Crippen molar-refractivity contribution >= 4 is 13.8 Å². The summed E-state index contributed by atoms with van der Waals surface area (Å²) in [5.41, 5.74) is 0. The van der Waals surface area contributed by atoms with Crippen LogP contribution >= 0.6 is 7.82 Å². The number of hydrogen-bond acceptors (Lipinski definition) is 7. The molecule has 0 saturated heterocycles. The highest BCUT2D eigenvalue weighted by Gasteiger charge is 2.23. The minimum atomic E-state index is -4.53. The summed E-state index contributed by atoms with van der Waals surface area (Å²) in [6, 6.07) is 0. The molecule has 0 aromatic carbocycles. The van der Waals surface area contributed by atoms with E-state index in [4.69, 9.17) is 18.5 Å². The molecule has 0 aromatic heterocycles. The molecular weight excluding hydrogens is 830 g/mol. The van der Waals surface area contributed by atoms with Gasteiger partial charge in [-0.15, -0.1) is 0 Å². The molecule has 3 atom stereocenters. The number of likely N-dealkylation sites (N-methyl/N-ethyl adjacent to an activating group) is 1. The van der Waals surface area contributed by atoms with Crippen molar-refractivity contribution in [1.82, 2.24) is 0 Å². The van der Waals surface area contributed by atoms with Crippen LogP contribution in [0.5, 0.6) is 0 Å². The molecule has 0 radical (unpaired) electrons. The molecule has 65 heavy (non-hydrogen) atoms. The largest absolute Gasteiger partial charge is 0.756 e. The Bertz CT molecular complexity index is 1020. The summed E-state index contributed by atoms with van der Waals surface area (Å²) in [6.07, 6.45) is 53.0. The standard InChI is InChI=1S/C56H114NO7P/c1-7-10-13-16-19-22-25-28-29-31-34-37-40-43-46-50-61-55(53-64-65(59,60)63-51-49-57(4,5)6)52-62-56(58)54(47-44-41-38-35-32-27-24-21-18-15-12-9-3)48-45-42-39-36-33-30-26-23-20-17-14-11-8-2/h54-55H,7-53H2,1-6H3/t54?,55-/m1/s1. The minimum Gasteiger partial charge on any atom is -0.756 e. The molecule has 0 fully saturated rings. The molecule has 9 heteroatoms. The average molecular weight is 945 g/mol. The number of ether oxygens (including phenoxy) is 2. The zero-order chi connectivity index (χ0) is 47.8. The van der Waals surface area contributed by atoms with Crippen molar-refractivity contribution in [2.75, 3.05) is 54.1 Å². The van der Waals surface area contributed by atoms with Gasteiger partial charge in [-0.3, -0.25) is 9.36 Å². The van der Waals surface area contributed by atoms with Gasteiger partial charge >= 0.3 is 5.97 Å². The summed E-state index contributed by atoms with van der Waals surface area (Å²) >= 11 is 0. The first-order valence-electron chi connectivity index (χ1n) is 28.7. The van der Waals surface area contributed by atoms with Crippen molar-refractivity contribution in [2.45, 2.75) is 297 Å². The number of nitrogens with zero attached hydrogens (tertiary/aromatic N) is 1. The second kappa shape index (κ2) is 48.5. The van der Waals surface area contributed by atoms with Crippen molar-refractivity contribution < 1.29 is 37.3 Å². The highest BCUT2D eigenvalue weighted by atomic mass is 31.2. The predicted molar refractivity (Wildman–Crippen MR) is 278 cm³/mol. The van der Waals surface area contributed by atoms with Crippen LogP contribution < -0.4 is 4.89 Å². The van der Waals surface area contributed by atoms with Gasteiger partial charge in [0, 0.05) is 6.61 Å². The predicted octanol–water partition coefficient (Wildman–Crippen LogP) is 17.2. The van der Waals surface area contributed by atoms with Crippen molar-refractivity contribution in [1.29, 1.82) is 0 Å². The van der Waals surface area contributed by atoms with E-state index in [-0.39, 0.29) is 31.7 Å². The van der Waals surface area contributed by atoms with Gasteiger partial charge in [0.25, 0.3) is 7.82 Å². The van der Waals surface area contributed by atoms with Crippen LogP contribution in [0.15, 0.2) is 0 Å². The molecule has 0 saturated carbocycles. The topological polar surface area (TPSA) is 94.1 Å². The number of quaternary nitrogens is 1. The van der Waals surface area contributed by atoms with Gasteiger partial charge in [-0.25, -0.2) is 0 Å². The number of rotatable bonds is 54. The molecular formula is C56H114NO7P. The highest BCUT2D eigenvalue weighted by Crippen LogP contribution is 2.38. The Morgan fingerprint density at radius 2 is 0.738 bits per heavy atom. The lowest BCUT2D eigenvalue weighted by Crippen LogP contribution is -2.37. The number of unbranched alkanes of at least 4 members (excludes halogenated alkanes) is 37. The number of carbonyl (C=O) groups excluding carboxylic acids is 1. The molecule has 0 aliphatic carbocycles. The molecule has 0 bridgehead atoms. The molecule has 0 N–H and O–H groups in total. The molecule has 0 rings (SSSR count). The third-order valence-corrected chi connectivity index (χ3v) is 14.3. The molecule has 0 spiro atoms. The van der Waals surface area contributed by atoms with Crippen LogP contribution in [0, 0.1) is 5.92 Å². The lowest BCUT2D eigenvalue weighted by molar-refractivity contribution is -0.870. The van der Waals surface area contributed by atoms with E-state index in [1.54, 1.807) is 0 Å². The molecule has 0 amide bonds. The van der Waals surface area contributed by atoms with Crippen LogP contribution in [0.3, 0.4) is 0 Å². The van der Waals surface area contributed by atoms with Crippen LogP contribution in [0.4, 0.5) is 0 Å². The molecule has 0 heterocycles. The third kappa shape index (κ3) is 49.7. The number of phosphoric acid groups is 1. The number of esters is 1. The monoisotopic (exact) mass is 944 g/mol. The Kier molecular flexibility index (Phi) is 48.1. The lowest BCUT2D eigenvalue weighted by atomic mass is 9.94. The molecule has 2 unspecified atom stereocenters. The third-order valence-electron chi connectivity index (χ3n) is 13.3. The van der Waals surface area contributed by atoms with E-state index in [0.717, 1.165) is 51.4 Å². The Morgan fingerprint density at radius 1 is 0.431 bits per heavy atom. The summed E-state index contributed by atoms with van der Waals surface area (Å²) in [5.74, 6) is -0.301. The summed E-state index contributed by atoms with van der Waals surface area (Å²) in [7, 11) is 1.43. The van der Waals surface area contributed by atoms with Crippen LogP contribution in [0.25, 0.3) is 0 Å². The summed E-state index contributed by atoms with van der Waals surface area (Å²) in [6.45, 7) is 7.66. The lowest BCUT2D eigenvalue weighted by Gasteiger charge is -2.28. The quantitative estimate of drug-likeness (QED) is 0.0259. The highest BCUT2D eigenvalue weighted by molar-refractivity contribution is 7.45. The molecule has 0 aliphatic rings. The van der Waals surface area contributed by atoms with E-state index in [2.05, 4.69) is 20.8 Å². The average Bonchev–Trinajstić information content (AvgIpc) is 3.27. The van der Waals surface area contributed by atoms with E-state index in [1.165, 1.54) is 218 Å². The molecule has 390 valence electrons. The van der Waals surface area contributed by atoms with Gasteiger partial charge in [0.15, 0.2) is 0 Å². The Labute approximate surface area is 406 Å². The molecule has 0 aliphatic heterocycles. The van der Waals surface area contributed by atoms with E-state index in [9.17, 15) is 14.3 Å². The van der Waals surface area contributed by atoms with Gasteiger partial charge in [0.05, 0.1) is 33.7 Å². The summed E-state index contributed by atoms with van der Waals surface area (Å²) < 4.78 is 36.0. The van der Waals surface area contributed by atoms with Crippen molar-refractivity contribution in [3.8, 4) is 0 Å². The van der Waals surface area contributed by atoms with Crippen molar-refractivity contribution in [2.24, 2.45) is 5.92 Å². The maximum absolute atomic E-state index is 13.7. The number of carbonyl (C=O) groups is 1. The van der Waals surface area contributed by atoms with Gasteiger partial charge in [-0.1, -0.05) is 271 Å². The Morgan fingerprint density at radius 3 is 1.06 bits per heavy atom. The van der Waals surface area contributed by atoms with Gasteiger partial charge in [0.2, 0.25) is 0 Å². The first-order chi connectivity index (χ1) is 31.5. The van der Waals surface area contributed by atoms with Gasteiger partial charge < -0.3 is 27.9 Å². The molecule has 0 aromatic rings. The normalized spacial score (nSPS) is 13.9. The van der Waals surface area contributed by atoms with Crippen LogP contribution in [0.2, 0.25) is 0 Å². The fraction of sp³-hybridized carbons (Fsp3) is 0.982. The fourth-order valence-electron chi connectivity index (χ4n) is 8.82. The fourth-order valence-corrected chi connectivity index (χ4v) is 9.55. The van der Waals surface area contributed by atoms with E-state index >= 15 is 0 Å². The first-order valence-corrected chi connectivity index (χ1v) is 30.2. The van der Waals surface area contributed by atoms with E-state index in [0.29, 0.717) is 17.6 Å². The zero-order valence-electron chi connectivity index (χ0n) is 44.6. The number of phosphoric ester groups is 1. The first kappa shape index (κ1) is 64.5. The van der Waals surface area contributed by atoms with Gasteiger partial charge in [0.1, 0.15) is 25.9 Å². The van der Waals surface area contributed by atoms with Crippen LogP contribution in [-0.4, -0.2) is 70.7 Å². The summed E-state index contributed by atoms with van der Waals surface area (Å²) in [4.78, 5) is 26.4. The second-order valence-corrected chi connectivity index (χ2v) is 22.5. The summed E-state index contributed by atoms with van der Waals surface area (Å²) in [5, 5.41) is 0. The van der Waals surface area contributed by atoms with Crippen LogP contribution in [0.1, 0.15) is 290 Å². The van der Waals surface area contributed by atoms with E-state index in [1.807, 2.05) is 21.1 Å². The Balaban J connectivity index is 4.98.